The van der Waals surface area contributed by atoms with E-state index in [2.05, 4.69) is 10.2 Å². The van der Waals surface area contributed by atoms with Crippen LogP contribution in [-0.4, -0.2) is 15.3 Å². The van der Waals surface area contributed by atoms with E-state index in [-0.39, 0.29) is 0 Å². The first kappa shape index (κ1) is 12.2. The lowest BCUT2D eigenvalue weighted by molar-refractivity contribution is 0.423. The number of phenolic OH excluding ortho intramolecular Hbond substituents is 1. The van der Waals surface area contributed by atoms with Crippen molar-refractivity contribution in [3.05, 3.63) is 54.7 Å². The summed E-state index contributed by atoms with van der Waals surface area (Å²) in [4.78, 5) is 0. The average Bonchev–Trinajstić information content (AvgIpc) is 2.98. The number of benzene rings is 2. The van der Waals surface area contributed by atoms with Crippen LogP contribution in [0, 0.1) is 5.82 Å². The zero-order chi connectivity index (χ0) is 13.9. The molecule has 0 aliphatic rings. The number of ether oxygens (including phenoxy) is 1. The minimum absolute atomic E-state index is 0.297. The molecule has 0 radical (unpaired) electrons. The summed E-state index contributed by atoms with van der Waals surface area (Å²) in [5, 5.41) is 16.5. The van der Waals surface area contributed by atoms with Gasteiger partial charge in [0.25, 0.3) is 0 Å². The third-order valence-electron chi connectivity index (χ3n) is 2.62. The van der Waals surface area contributed by atoms with Crippen LogP contribution in [0.4, 0.5) is 4.39 Å². The van der Waals surface area contributed by atoms with Gasteiger partial charge in [0.05, 0.1) is 0 Å². The van der Waals surface area contributed by atoms with Crippen LogP contribution in [0.25, 0.3) is 11.5 Å². The predicted octanol–water partition coefficient (Wildman–Crippen LogP) is 3.37. The van der Waals surface area contributed by atoms with Gasteiger partial charge in [-0.2, -0.15) is 0 Å². The molecule has 0 aliphatic carbocycles. The fourth-order valence-electron chi connectivity index (χ4n) is 1.65. The molecule has 0 aliphatic heterocycles. The lowest BCUT2D eigenvalue weighted by Crippen LogP contribution is -1.86. The maximum Gasteiger partial charge on any atom is 0.247 e. The maximum absolute atomic E-state index is 13.2. The lowest BCUT2D eigenvalue weighted by atomic mass is 10.2. The van der Waals surface area contributed by atoms with Gasteiger partial charge >= 0.3 is 0 Å². The summed E-state index contributed by atoms with van der Waals surface area (Å²) in [6.45, 7) is 0. The Morgan fingerprint density at radius 3 is 2.45 bits per heavy atom. The highest BCUT2D eigenvalue weighted by atomic mass is 19.1. The van der Waals surface area contributed by atoms with Crippen molar-refractivity contribution in [1.82, 2.24) is 10.2 Å². The molecule has 0 atom stereocenters. The monoisotopic (exact) mass is 272 g/mol. The summed E-state index contributed by atoms with van der Waals surface area (Å²) in [6.07, 6.45) is 1.25. The maximum atomic E-state index is 13.2. The first-order chi connectivity index (χ1) is 9.72. The molecule has 3 aromatic rings. The highest BCUT2D eigenvalue weighted by molar-refractivity contribution is 5.54. The smallest absolute Gasteiger partial charge is 0.247 e. The van der Waals surface area contributed by atoms with Crippen LogP contribution >= 0.6 is 0 Å². The van der Waals surface area contributed by atoms with Crippen LogP contribution in [0.15, 0.2) is 53.3 Å². The second-order valence-electron chi connectivity index (χ2n) is 3.98. The van der Waals surface area contributed by atoms with Crippen LogP contribution in [-0.2, 0) is 0 Å². The van der Waals surface area contributed by atoms with E-state index in [1.807, 2.05) is 0 Å². The van der Waals surface area contributed by atoms with Crippen molar-refractivity contribution < 1.29 is 18.7 Å². The van der Waals surface area contributed by atoms with E-state index in [0.29, 0.717) is 17.4 Å². The van der Waals surface area contributed by atoms with E-state index in [9.17, 15) is 4.39 Å². The highest BCUT2D eigenvalue weighted by Crippen LogP contribution is 2.27. The Labute approximate surface area is 113 Å². The molecule has 1 aromatic heterocycles. The van der Waals surface area contributed by atoms with E-state index in [0.717, 1.165) is 11.6 Å². The van der Waals surface area contributed by atoms with Crippen molar-refractivity contribution >= 4 is 0 Å². The highest BCUT2D eigenvalue weighted by Gasteiger charge is 2.06. The Hall–Kier alpha value is -2.89. The molecule has 0 saturated heterocycles. The van der Waals surface area contributed by atoms with Gasteiger partial charge in [0.1, 0.15) is 11.5 Å². The summed E-state index contributed by atoms with van der Waals surface area (Å²) in [5.41, 5.74) is 0.756. The fourth-order valence-corrected chi connectivity index (χ4v) is 1.65. The molecule has 2 aromatic carbocycles. The third-order valence-corrected chi connectivity index (χ3v) is 2.62. The zero-order valence-corrected chi connectivity index (χ0v) is 10.2. The van der Waals surface area contributed by atoms with Crippen LogP contribution in [0.3, 0.4) is 0 Å². The Kier molecular flexibility index (Phi) is 3.04. The summed E-state index contributed by atoms with van der Waals surface area (Å²) < 4.78 is 23.7. The van der Waals surface area contributed by atoms with Gasteiger partial charge in [0, 0.05) is 11.6 Å². The van der Waals surface area contributed by atoms with Gasteiger partial charge in [-0.25, -0.2) is 4.39 Å². The van der Waals surface area contributed by atoms with Crippen molar-refractivity contribution in [2.75, 3.05) is 0 Å². The van der Waals surface area contributed by atoms with Gasteiger partial charge in [0.15, 0.2) is 11.6 Å². The van der Waals surface area contributed by atoms with Gasteiger partial charge < -0.3 is 14.3 Å². The van der Waals surface area contributed by atoms with Crippen LogP contribution in [0.1, 0.15) is 0 Å². The Balaban J connectivity index is 1.79. The Morgan fingerprint density at radius 1 is 1.05 bits per heavy atom. The Morgan fingerprint density at radius 2 is 1.80 bits per heavy atom. The number of phenols is 1. The number of nitrogens with zero attached hydrogens (tertiary/aromatic N) is 2. The van der Waals surface area contributed by atoms with Crippen LogP contribution in [0.2, 0.25) is 0 Å². The van der Waals surface area contributed by atoms with Gasteiger partial charge in [-0.15, -0.1) is 10.2 Å². The number of aromatic hydroxyl groups is 1. The number of rotatable bonds is 3. The molecule has 0 saturated carbocycles. The third kappa shape index (κ3) is 2.44. The standard InChI is InChI=1S/C14H9FN2O3/c15-12-7-11(5-6-13(12)18)20-10-3-1-9(2-4-10)14-17-16-8-19-14/h1-8,18H. The molecule has 0 fully saturated rings. The number of aromatic nitrogens is 2. The van der Waals surface area contributed by atoms with Crippen molar-refractivity contribution in [2.45, 2.75) is 0 Å². The zero-order valence-electron chi connectivity index (χ0n) is 10.2. The van der Waals surface area contributed by atoms with Crippen molar-refractivity contribution in [1.29, 1.82) is 0 Å². The molecule has 0 spiro atoms. The summed E-state index contributed by atoms with van der Waals surface area (Å²) >= 11 is 0. The summed E-state index contributed by atoms with van der Waals surface area (Å²) in [6, 6.07) is 10.7. The predicted molar refractivity (Wildman–Crippen MR) is 67.9 cm³/mol. The molecule has 5 nitrogen and oxygen atoms in total. The van der Waals surface area contributed by atoms with Crippen molar-refractivity contribution in [3.63, 3.8) is 0 Å². The molecule has 0 bridgehead atoms. The normalized spacial score (nSPS) is 10.4. The van der Waals surface area contributed by atoms with Gasteiger partial charge in [-0.05, 0) is 36.4 Å². The second-order valence-corrected chi connectivity index (χ2v) is 3.98. The first-order valence-corrected chi connectivity index (χ1v) is 5.75. The molecule has 1 heterocycles. The number of halogens is 1. The lowest BCUT2D eigenvalue weighted by Gasteiger charge is -2.06. The Bertz CT molecular complexity index is 712. The van der Waals surface area contributed by atoms with Crippen LogP contribution in [0.5, 0.6) is 17.2 Å². The van der Waals surface area contributed by atoms with E-state index >= 15 is 0 Å². The van der Waals surface area contributed by atoms with Gasteiger partial charge in [-0.3, -0.25) is 0 Å². The van der Waals surface area contributed by atoms with E-state index in [1.54, 1.807) is 24.3 Å². The molecule has 1 N–H and O–H groups in total. The van der Waals surface area contributed by atoms with Gasteiger partial charge in [-0.1, -0.05) is 0 Å². The average molecular weight is 272 g/mol. The van der Waals surface area contributed by atoms with Crippen molar-refractivity contribution in [3.8, 4) is 28.7 Å². The number of hydrogen-bond acceptors (Lipinski definition) is 5. The molecule has 0 amide bonds. The molecule has 0 unspecified atom stereocenters. The first-order valence-electron chi connectivity index (χ1n) is 5.75. The molecule has 6 heteroatoms. The molecule has 3 rings (SSSR count). The fraction of sp³-hybridized carbons (Fsp3) is 0. The topological polar surface area (TPSA) is 68.4 Å². The van der Waals surface area contributed by atoms with Gasteiger partial charge in [0.2, 0.25) is 12.3 Å². The summed E-state index contributed by atoms with van der Waals surface area (Å²) in [7, 11) is 0. The second kappa shape index (κ2) is 5.00. The van der Waals surface area contributed by atoms with E-state index < -0.39 is 11.6 Å². The molecule has 20 heavy (non-hydrogen) atoms. The van der Waals surface area contributed by atoms with E-state index in [1.165, 1.54) is 18.5 Å². The number of hydrogen-bond donors (Lipinski definition) is 1. The quantitative estimate of drug-likeness (QED) is 0.791. The van der Waals surface area contributed by atoms with Crippen molar-refractivity contribution in [2.24, 2.45) is 0 Å². The minimum Gasteiger partial charge on any atom is -0.505 e. The largest absolute Gasteiger partial charge is 0.505 e. The SMILES string of the molecule is Oc1ccc(Oc2ccc(-c3nnco3)cc2)cc1F. The molecular weight excluding hydrogens is 263 g/mol. The van der Waals surface area contributed by atoms with E-state index in [4.69, 9.17) is 14.3 Å². The molecule has 100 valence electrons. The minimum atomic E-state index is -0.731. The molecular formula is C14H9FN2O3. The summed E-state index contributed by atoms with van der Waals surface area (Å²) in [5.74, 6) is 0.0884. The van der Waals surface area contributed by atoms with Crippen LogP contribution < -0.4 is 4.74 Å².